The van der Waals surface area contributed by atoms with Gasteiger partial charge < -0.3 is 5.11 Å². The Morgan fingerprint density at radius 2 is 2.12 bits per heavy atom. The lowest BCUT2D eigenvalue weighted by Crippen LogP contribution is -2.04. The van der Waals surface area contributed by atoms with Crippen LogP contribution in [0.3, 0.4) is 0 Å². The maximum atomic E-state index is 10.7. The molecule has 0 aliphatic heterocycles. The number of rotatable bonds is 2. The van der Waals surface area contributed by atoms with Crippen LogP contribution in [0.15, 0.2) is 24.7 Å². The highest BCUT2D eigenvalue weighted by Gasteiger charge is 2.08. The number of pyridine rings is 1. The summed E-state index contributed by atoms with van der Waals surface area (Å²) in [4.78, 5) is 14.8. The van der Waals surface area contributed by atoms with E-state index in [0.29, 0.717) is 5.82 Å². The molecule has 0 atom stereocenters. The zero-order chi connectivity index (χ0) is 11.7. The number of carboxylic acid groups (broad SMARTS) is 1. The van der Waals surface area contributed by atoms with E-state index < -0.39 is 5.97 Å². The Balaban J connectivity index is 2.47. The van der Waals surface area contributed by atoms with Gasteiger partial charge in [-0.1, -0.05) is 0 Å². The molecule has 0 radical (unpaired) electrons. The molecule has 2 aromatic rings. The summed E-state index contributed by atoms with van der Waals surface area (Å²) >= 11 is 0. The van der Waals surface area contributed by atoms with Crippen LogP contribution in [-0.2, 0) is 0 Å². The van der Waals surface area contributed by atoms with E-state index in [9.17, 15) is 4.79 Å². The van der Waals surface area contributed by atoms with Crippen molar-refractivity contribution >= 4 is 5.97 Å². The summed E-state index contributed by atoms with van der Waals surface area (Å²) in [5, 5.41) is 12.9. The summed E-state index contributed by atoms with van der Waals surface area (Å²) in [6.07, 6.45) is 4.91. The predicted molar refractivity (Wildman–Crippen MR) is 57.8 cm³/mol. The van der Waals surface area contributed by atoms with Gasteiger partial charge in [0.2, 0.25) is 0 Å². The maximum Gasteiger partial charge on any atom is 0.337 e. The quantitative estimate of drug-likeness (QED) is 0.829. The molecule has 1 N–H and O–H groups in total. The first-order valence-electron chi connectivity index (χ1n) is 4.79. The summed E-state index contributed by atoms with van der Waals surface area (Å²) < 4.78 is 1.64. The molecular weight excluding hydrogens is 206 g/mol. The average Bonchev–Trinajstić information content (AvgIpc) is 2.64. The van der Waals surface area contributed by atoms with Crippen molar-refractivity contribution in [3.05, 3.63) is 41.3 Å². The Morgan fingerprint density at radius 1 is 1.38 bits per heavy atom. The van der Waals surface area contributed by atoms with Gasteiger partial charge in [-0.15, -0.1) is 0 Å². The van der Waals surface area contributed by atoms with E-state index in [1.54, 1.807) is 16.9 Å². The number of aromatic nitrogens is 3. The second-order valence-corrected chi connectivity index (χ2v) is 3.63. The minimum absolute atomic E-state index is 0.185. The second-order valence-electron chi connectivity index (χ2n) is 3.63. The number of carbonyl (C=O) groups is 1. The molecule has 0 aliphatic rings. The molecule has 5 nitrogen and oxygen atoms in total. The van der Waals surface area contributed by atoms with E-state index in [-0.39, 0.29) is 5.56 Å². The second kappa shape index (κ2) is 3.77. The summed E-state index contributed by atoms with van der Waals surface area (Å²) in [5.41, 5.74) is 2.00. The van der Waals surface area contributed by atoms with Gasteiger partial charge in [-0.25, -0.2) is 14.5 Å². The van der Waals surface area contributed by atoms with Gasteiger partial charge in [-0.3, -0.25) is 0 Å². The molecule has 5 heteroatoms. The SMILES string of the molecule is Cc1cnn(-c2ncc(C(=O)O)cc2C)c1. The number of aromatic carboxylic acids is 1. The van der Waals surface area contributed by atoms with Crippen molar-refractivity contribution in [1.29, 1.82) is 0 Å². The number of hydrogen-bond acceptors (Lipinski definition) is 3. The van der Waals surface area contributed by atoms with E-state index >= 15 is 0 Å². The smallest absolute Gasteiger partial charge is 0.337 e. The van der Waals surface area contributed by atoms with Crippen molar-refractivity contribution in [3.8, 4) is 5.82 Å². The molecule has 2 heterocycles. The third-order valence-electron chi connectivity index (χ3n) is 2.23. The Hall–Kier alpha value is -2.17. The van der Waals surface area contributed by atoms with Crippen LogP contribution in [0, 0.1) is 13.8 Å². The van der Waals surface area contributed by atoms with Gasteiger partial charge >= 0.3 is 5.97 Å². The van der Waals surface area contributed by atoms with Gasteiger partial charge in [0.15, 0.2) is 5.82 Å². The molecule has 0 unspecified atom stereocenters. The lowest BCUT2D eigenvalue weighted by molar-refractivity contribution is 0.0696. The normalized spacial score (nSPS) is 10.4. The summed E-state index contributed by atoms with van der Waals surface area (Å²) in [6.45, 7) is 3.75. The fourth-order valence-corrected chi connectivity index (χ4v) is 1.45. The number of carboxylic acids is 1. The summed E-state index contributed by atoms with van der Waals surface area (Å²) in [5.74, 6) is -0.322. The van der Waals surface area contributed by atoms with Crippen molar-refractivity contribution in [1.82, 2.24) is 14.8 Å². The third kappa shape index (κ3) is 1.79. The van der Waals surface area contributed by atoms with E-state index in [4.69, 9.17) is 5.11 Å². The minimum Gasteiger partial charge on any atom is -0.478 e. The zero-order valence-electron chi connectivity index (χ0n) is 9.01. The highest BCUT2D eigenvalue weighted by Crippen LogP contribution is 2.12. The van der Waals surface area contributed by atoms with E-state index in [0.717, 1.165) is 11.1 Å². The molecular formula is C11H11N3O2. The molecule has 0 amide bonds. The van der Waals surface area contributed by atoms with Gasteiger partial charge in [0.05, 0.1) is 11.8 Å². The topological polar surface area (TPSA) is 68.0 Å². The van der Waals surface area contributed by atoms with Crippen molar-refractivity contribution in [3.63, 3.8) is 0 Å². The number of hydrogen-bond donors (Lipinski definition) is 1. The van der Waals surface area contributed by atoms with Crippen molar-refractivity contribution in [2.24, 2.45) is 0 Å². The molecule has 0 aliphatic carbocycles. The van der Waals surface area contributed by atoms with Gasteiger partial charge in [0.1, 0.15) is 0 Å². The molecule has 2 rings (SSSR count). The lowest BCUT2D eigenvalue weighted by atomic mass is 10.2. The fourth-order valence-electron chi connectivity index (χ4n) is 1.45. The molecule has 0 saturated heterocycles. The van der Waals surface area contributed by atoms with Crippen LogP contribution in [0.5, 0.6) is 0 Å². The van der Waals surface area contributed by atoms with Crippen LogP contribution < -0.4 is 0 Å². The monoisotopic (exact) mass is 217 g/mol. The molecule has 0 bridgehead atoms. The molecule has 82 valence electrons. The number of aryl methyl sites for hydroxylation is 2. The van der Waals surface area contributed by atoms with E-state index in [1.807, 2.05) is 20.0 Å². The predicted octanol–water partition coefficient (Wildman–Crippen LogP) is 1.58. The highest BCUT2D eigenvalue weighted by molar-refractivity contribution is 5.87. The summed E-state index contributed by atoms with van der Waals surface area (Å²) in [7, 11) is 0. The van der Waals surface area contributed by atoms with Crippen molar-refractivity contribution < 1.29 is 9.90 Å². The van der Waals surface area contributed by atoms with Crippen LogP contribution in [0.4, 0.5) is 0 Å². The first-order valence-corrected chi connectivity index (χ1v) is 4.79. The maximum absolute atomic E-state index is 10.7. The van der Waals surface area contributed by atoms with Crippen LogP contribution in [-0.4, -0.2) is 25.8 Å². The molecule has 0 aromatic carbocycles. The molecule has 0 fully saturated rings. The summed E-state index contributed by atoms with van der Waals surface area (Å²) in [6, 6.07) is 1.58. The lowest BCUT2D eigenvalue weighted by Gasteiger charge is -2.05. The van der Waals surface area contributed by atoms with E-state index in [2.05, 4.69) is 10.1 Å². The van der Waals surface area contributed by atoms with E-state index in [1.165, 1.54) is 6.20 Å². The van der Waals surface area contributed by atoms with Crippen LogP contribution in [0.2, 0.25) is 0 Å². The van der Waals surface area contributed by atoms with Crippen molar-refractivity contribution in [2.75, 3.05) is 0 Å². The fraction of sp³-hybridized carbons (Fsp3) is 0.182. The Labute approximate surface area is 92.4 Å². The molecule has 2 aromatic heterocycles. The number of nitrogens with zero attached hydrogens (tertiary/aromatic N) is 3. The standard InChI is InChI=1S/C11H11N3O2/c1-7-4-13-14(6-7)10-8(2)3-9(5-12-10)11(15)16/h3-6H,1-2H3,(H,15,16). The van der Waals surface area contributed by atoms with Crippen LogP contribution in [0.25, 0.3) is 5.82 Å². The zero-order valence-corrected chi connectivity index (χ0v) is 9.01. The molecule has 16 heavy (non-hydrogen) atoms. The van der Waals surface area contributed by atoms with Crippen LogP contribution in [0.1, 0.15) is 21.5 Å². The first-order chi connectivity index (χ1) is 7.58. The van der Waals surface area contributed by atoms with Crippen LogP contribution >= 0.6 is 0 Å². The van der Waals surface area contributed by atoms with Gasteiger partial charge in [0, 0.05) is 12.4 Å². The molecule has 0 spiro atoms. The van der Waals surface area contributed by atoms with Gasteiger partial charge in [0.25, 0.3) is 0 Å². The molecule has 0 saturated carbocycles. The Kier molecular flexibility index (Phi) is 2.44. The van der Waals surface area contributed by atoms with Gasteiger partial charge in [-0.05, 0) is 31.0 Å². The van der Waals surface area contributed by atoms with Crippen molar-refractivity contribution in [2.45, 2.75) is 13.8 Å². The Morgan fingerprint density at radius 3 is 2.62 bits per heavy atom. The first kappa shape index (κ1) is 10.4. The average molecular weight is 217 g/mol. The van der Waals surface area contributed by atoms with Gasteiger partial charge in [-0.2, -0.15) is 5.10 Å². The Bertz CT molecular complexity index is 546. The highest BCUT2D eigenvalue weighted by atomic mass is 16.4. The third-order valence-corrected chi connectivity index (χ3v) is 2.23. The largest absolute Gasteiger partial charge is 0.478 e. The minimum atomic E-state index is -0.973.